The van der Waals surface area contributed by atoms with Crippen molar-refractivity contribution >= 4 is 15.2 Å². The summed E-state index contributed by atoms with van der Waals surface area (Å²) in [5.41, 5.74) is 0. The number of carbonyl (C=O) groups is 1. The van der Waals surface area contributed by atoms with Crippen molar-refractivity contribution in [3.63, 3.8) is 0 Å². The number of rotatable bonds is 5. The van der Waals surface area contributed by atoms with Crippen molar-refractivity contribution in [2.24, 2.45) is 15.8 Å². The molecule has 2 nitrogen and oxygen atoms in total. The number of hydrogen-bond acceptors (Lipinski definition) is 3. The summed E-state index contributed by atoms with van der Waals surface area (Å²) in [6, 6.07) is 0. The summed E-state index contributed by atoms with van der Waals surface area (Å²) in [7, 11) is 1.78. The predicted octanol–water partition coefficient (Wildman–Crippen LogP) is -1.40. The van der Waals surface area contributed by atoms with Gasteiger partial charge in [-0.2, -0.15) is 0 Å². The molecule has 1 aliphatic carbocycles. The third kappa shape index (κ3) is 3.22. The van der Waals surface area contributed by atoms with E-state index in [1.807, 2.05) is 0 Å². The van der Waals surface area contributed by atoms with Gasteiger partial charge in [-0.3, -0.25) is 0 Å². The molecule has 0 aromatic rings. The summed E-state index contributed by atoms with van der Waals surface area (Å²) in [5, 5.41) is 0. The molecule has 0 heterocycles. The van der Waals surface area contributed by atoms with E-state index in [0.717, 1.165) is 12.0 Å². The molecular weight excluding hydrogens is 285 g/mol. The zero-order chi connectivity index (χ0) is 8.81. The molecule has 4 heteroatoms. The van der Waals surface area contributed by atoms with Crippen LogP contribution in [0.25, 0.3) is 0 Å². The Bertz CT molecular complexity index is 139. The molecule has 1 fully saturated rings. The molecule has 0 aliphatic heterocycles. The molecule has 72 valence electrons. The summed E-state index contributed by atoms with van der Waals surface area (Å²) in [6.07, 6.45) is 6.29. The molecule has 1 rings (SSSR count). The Morgan fingerprint density at radius 2 is 2.25 bits per heavy atom. The first-order chi connectivity index (χ1) is 5.88. The van der Waals surface area contributed by atoms with Crippen molar-refractivity contribution < 1.29 is 24.9 Å². The number of aldehydes is 1. The molecule has 0 saturated heterocycles. The number of nitrogens with two attached hydrogens (primary N) is 1. The first-order valence-corrected chi connectivity index (χ1v) is 9.06. The van der Waals surface area contributed by atoms with Crippen LogP contribution in [0.3, 0.4) is 0 Å². The second-order valence-corrected chi connectivity index (χ2v) is 7.33. The van der Waals surface area contributed by atoms with Gasteiger partial charge in [-0.15, -0.1) is 0 Å². The number of hydrogen-bond donors (Lipinski definition) is 1. The molecule has 0 aromatic carbocycles. The molecule has 1 saturated carbocycles. The van der Waals surface area contributed by atoms with Crippen LogP contribution in [-0.2, 0) is 4.79 Å². The first kappa shape index (κ1) is 10.8. The molecule has 1 aliphatic rings. The molecular formula is C8H15INOS-. The van der Waals surface area contributed by atoms with E-state index in [9.17, 15) is 4.79 Å². The molecule has 0 bridgehead atoms. The average Bonchev–Trinajstić information content (AvgIpc) is 2.59. The van der Waals surface area contributed by atoms with E-state index < -0.39 is 0 Å². The fraction of sp³-hybridized carbons (Fsp3) is 0.875. The molecule has 0 spiro atoms. The Morgan fingerprint density at radius 1 is 1.58 bits per heavy atom. The SMILES string of the molecule is N[I-]SCC(C=O)C1CCCC1. The van der Waals surface area contributed by atoms with E-state index >= 15 is 0 Å². The van der Waals surface area contributed by atoms with Crippen LogP contribution in [0, 0.1) is 11.8 Å². The maximum absolute atomic E-state index is 10.8. The quantitative estimate of drug-likeness (QED) is 0.386. The van der Waals surface area contributed by atoms with Crippen LogP contribution in [0.1, 0.15) is 25.7 Å². The summed E-state index contributed by atoms with van der Waals surface area (Å²) < 4.78 is 5.49. The summed E-state index contributed by atoms with van der Waals surface area (Å²) in [5.74, 6) is 1.93. The van der Waals surface area contributed by atoms with Gasteiger partial charge in [0.25, 0.3) is 0 Å². The van der Waals surface area contributed by atoms with Crippen molar-refractivity contribution in [3.8, 4) is 0 Å². The molecule has 2 N–H and O–H groups in total. The van der Waals surface area contributed by atoms with Gasteiger partial charge in [0.2, 0.25) is 0 Å². The number of carbonyl (C=O) groups excluding carboxylic acids is 1. The van der Waals surface area contributed by atoms with E-state index in [4.69, 9.17) is 3.95 Å². The van der Waals surface area contributed by atoms with Gasteiger partial charge in [-0.25, -0.2) is 0 Å². The van der Waals surface area contributed by atoms with Crippen LogP contribution < -0.4 is 24.0 Å². The standard InChI is InChI=1S/C8H15INOS/c10-9-12-6-8(5-11)7-3-1-2-4-7/h5,7-8H,1-4,6,10H2/q-1. The van der Waals surface area contributed by atoms with Crippen molar-refractivity contribution in [2.75, 3.05) is 5.75 Å². The third-order valence-electron chi connectivity index (χ3n) is 2.50. The van der Waals surface area contributed by atoms with Crippen LogP contribution in [0.15, 0.2) is 0 Å². The normalized spacial score (nSPS) is 21.4. The summed E-state index contributed by atoms with van der Waals surface area (Å²) in [4.78, 5) is 10.8. The van der Waals surface area contributed by atoms with Gasteiger partial charge >= 0.3 is 87.3 Å². The van der Waals surface area contributed by atoms with Crippen molar-refractivity contribution in [3.05, 3.63) is 0 Å². The topological polar surface area (TPSA) is 43.1 Å². The van der Waals surface area contributed by atoms with Gasteiger partial charge in [-0.05, 0) is 0 Å². The molecule has 1 atom stereocenters. The van der Waals surface area contributed by atoms with Crippen LogP contribution in [0.2, 0.25) is 0 Å². The Hall–Kier alpha value is 0.710. The van der Waals surface area contributed by atoms with Crippen LogP contribution >= 0.6 is 8.93 Å². The van der Waals surface area contributed by atoms with Gasteiger partial charge in [-0.1, -0.05) is 0 Å². The fourth-order valence-corrected chi connectivity index (χ4v) is 4.22. The van der Waals surface area contributed by atoms with E-state index in [0.29, 0.717) is 11.8 Å². The summed E-state index contributed by atoms with van der Waals surface area (Å²) >= 11 is -0.190. The maximum atomic E-state index is 10.8. The van der Waals surface area contributed by atoms with Crippen LogP contribution in [0.4, 0.5) is 0 Å². The molecule has 0 radical (unpaired) electrons. The molecule has 0 aromatic heterocycles. The number of halogens is 1. The molecule has 0 amide bonds. The zero-order valence-corrected chi connectivity index (χ0v) is 10.0. The minimum atomic E-state index is -0.190. The van der Waals surface area contributed by atoms with E-state index in [-0.39, 0.29) is 20.1 Å². The monoisotopic (exact) mass is 300 g/mol. The Kier molecular flexibility index (Phi) is 5.58. The second-order valence-electron chi connectivity index (χ2n) is 3.21. The van der Waals surface area contributed by atoms with Gasteiger partial charge < -0.3 is 0 Å². The molecule has 1 unspecified atom stereocenters. The van der Waals surface area contributed by atoms with E-state index in [1.165, 1.54) is 25.7 Å². The Morgan fingerprint density at radius 3 is 2.75 bits per heavy atom. The predicted molar refractivity (Wildman–Crippen MR) is 48.2 cm³/mol. The van der Waals surface area contributed by atoms with E-state index in [1.54, 1.807) is 8.93 Å². The Labute approximate surface area is 87.1 Å². The first-order valence-electron chi connectivity index (χ1n) is 4.29. The average molecular weight is 300 g/mol. The van der Waals surface area contributed by atoms with Gasteiger partial charge in [0.1, 0.15) is 0 Å². The van der Waals surface area contributed by atoms with Gasteiger partial charge in [0.05, 0.1) is 0 Å². The fourth-order valence-electron chi connectivity index (χ4n) is 1.78. The minimum absolute atomic E-state index is 0.190. The van der Waals surface area contributed by atoms with E-state index in [2.05, 4.69) is 0 Å². The second kappa shape index (κ2) is 6.21. The van der Waals surface area contributed by atoms with Crippen LogP contribution in [0.5, 0.6) is 0 Å². The molecule has 12 heavy (non-hydrogen) atoms. The van der Waals surface area contributed by atoms with Gasteiger partial charge in [0.15, 0.2) is 0 Å². The summed E-state index contributed by atoms with van der Waals surface area (Å²) in [6.45, 7) is 0. The Balaban J connectivity index is 2.27. The van der Waals surface area contributed by atoms with Crippen molar-refractivity contribution in [2.45, 2.75) is 25.7 Å². The zero-order valence-electron chi connectivity index (χ0n) is 7.04. The van der Waals surface area contributed by atoms with Crippen LogP contribution in [-0.4, -0.2) is 12.0 Å². The van der Waals surface area contributed by atoms with Crippen molar-refractivity contribution in [1.29, 1.82) is 0 Å². The van der Waals surface area contributed by atoms with Gasteiger partial charge in [0, 0.05) is 0 Å². The van der Waals surface area contributed by atoms with Crippen molar-refractivity contribution in [1.82, 2.24) is 0 Å². The third-order valence-corrected chi connectivity index (χ3v) is 5.29.